The molecule has 0 unspecified atom stereocenters. The van der Waals surface area contributed by atoms with Crippen LogP contribution in [-0.2, 0) is 11.5 Å². The predicted molar refractivity (Wildman–Crippen MR) is 100 cm³/mol. The molecule has 2 aromatic carbocycles. The Morgan fingerprint density at radius 2 is 1.88 bits per heavy atom. The summed E-state index contributed by atoms with van der Waals surface area (Å²) < 4.78 is 15.2. The van der Waals surface area contributed by atoms with Gasteiger partial charge in [-0.3, -0.25) is 9.67 Å². The Morgan fingerprint density at radius 1 is 1.12 bits per heavy atom. The number of aromatic amines is 1. The van der Waals surface area contributed by atoms with Crippen molar-refractivity contribution in [1.29, 1.82) is 0 Å². The maximum atomic E-state index is 12.9. The lowest BCUT2D eigenvalue weighted by molar-refractivity contribution is 0.627. The Hall–Kier alpha value is -1.34. The van der Waals surface area contributed by atoms with E-state index in [1.54, 1.807) is 40.6 Å². The molecule has 0 aliphatic rings. The number of thioether (sulfide) groups is 1. The Balaban J connectivity index is 1.77. The lowest BCUT2D eigenvalue weighted by Crippen LogP contribution is -2.01. The molecule has 0 radical (unpaired) electrons. The van der Waals surface area contributed by atoms with Crippen LogP contribution in [-0.4, -0.2) is 14.8 Å². The molecule has 1 heterocycles. The molecule has 0 atom stereocenters. The summed E-state index contributed by atoms with van der Waals surface area (Å²) >= 11 is 19.2. The van der Waals surface area contributed by atoms with Gasteiger partial charge in [0.1, 0.15) is 11.6 Å². The lowest BCUT2D eigenvalue weighted by atomic mass is 10.2. The molecule has 8 heteroatoms. The molecule has 3 rings (SSSR count). The van der Waals surface area contributed by atoms with E-state index in [2.05, 4.69) is 10.2 Å². The average molecular weight is 400 g/mol. The quantitative estimate of drug-likeness (QED) is 0.549. The smallest absolute Gasteiger partial charge is 0.199 e. The topological polar surface area (TPSA) is 33.6 Å². The van der Waals surface area contributed by atoms with E-state index >= 15 is 0 Å². The first-order valence-electron chi connectivity index (χ1n) is 6.98. The zero-order chi connectivity index (χ0) is 17.1. The number of H-pyrrole nitrogens is 1. The highest BCUT2D eigenvalue weighted by Gasteiger charge is 2.12. The van der Waals surface area contributed by atoms with E-state index in [4.69, 9.17) is 35.4 Å². The van der Waals surface area contributed by atoms with Crippen molar-refractivity contribution in [3.8, 4) is 5.69 Å². The first-order valence-corrected chi connectivity index (χ1v) is 9.30. The fraction of sp³-hybridized carbons (Fsp3) is 0.125. The van der Waals surface area contributed by atoms with Crippen molar-refractivity contribution < 1.29 is 4.39 Å². The van der Waals surface area contributed by atoms with E-state index in [0.29, 0.717) is 20.6 Å². The number of nitrogens with one attached hydrogen (secondary N) is 1. The van der Waals surface area contributed by atoms with Gasteiger partial charge in [0.2, 0.25) is 0 Å². The third kappa shape index (κ3) is 4.00. The monoisotopic (exact) mass is 399 g/mol. The maximum Gasteiger partial charge on any atom is 0.199 e. The molecule has 0 bridgehead atoms. The highest BCUT2D eigenvalue weighted by Crippen LogP contribution is 2.27. The maximum absolute atomic E-state index is 12.9. The molecule has 0 spiro atoms. The number of hydrogen-bond acceptors (Lipinski definition) is 3. The van der Waals surface area contributed by atoms with Crippen molar-refractivity contribution in [2.45, 2.75) is 11.5 Å². The molecule has 0 saturated carbocycles. The molecule has 0 aliphatic heterocycles. The summed E-state index contributed by atoms with van der Waals surface area (Å²) in [6.07, 6.45) is 0. The fourth-order valence-corrected chi connectivity index (χ4v) is 3.83. The van der Waals surface area contributed by atoms with Crippen molar-refractivity contribution in [3.05, 3.63) is 74.5 Å². The van der Waals surface area contributed by atoms with Crippen LogP contribution in [0.3, 0.4) is 0 Å². The lowest BCUT2D eigenvalue weighted by Gasteiger charge is -2.09. The molecular formula is C16H12Cl2FN3S2. The third-order valence-corrected chi connectivity index (χ3v) is 5.12. The van der Waals surface area contributed by atoms with E-state index < -0.39 is 0 Å². The van der Waals surface area contributed by atoms with Crippen LogP contribution in [0.4, 0.5) is 4.39 Å². The normalized spacial score (nSPS) is 11.0. The zero-order valence-electron chi connectivity index (χ0n) is 12.3. The van der Waals surface area contributed by atoms with E-state index in [1.165, 1.54) is 12.1 Å². The summed E-state index contributed by atoms with van der Waals surface area (Å²) in [5, 5.41) is 8.13. The second-order valence-corrected chi connectivity index (χ2v) is 7.21. The van der Waals surface area contributed by atoms with Crippen LogP contribution in [0.5, 0.6) is 0 Å². The molecule has 24 heavy (non-hydrogen) atoms. The second kappa shape index (κ2) is 7.70. The van der Waals surface area contributed by atoms with Crippen molar-refractivity contribution in [1.82, 2.24) is 14.8 Å². The van der Waals surface area contributed by atoms with Gasteiger partial charge in [0.05, 0.1) is 16.5 Å². The third-order valence-electron chi connectivity index (χ3n) is 3.31. The summed E-state index contributed by atoms with van der Waals surface area (Å²) in [6, 6.07) is 11.7. The molecule has 1 aromatic heterocycles. The highest BCUT2D eigenvalue weighted by atomic mass is 35.5. The molecule has 0 fully saturated rings. The number of benzene rings is 2. The minimum atomic E-state index is -0.234. The largest absolute Gasteiger partial charge is 0.270 e. The molecule has 3 nitrogen and oxygen atoms in total. The van der Waals surface area contributed by atoms with E-state index in [-0.39, 0.29) is 5.82 Å². The molecule has 1 N–H and O–H groups in total. The number of aromatic nitrogens is 3. The van der Waals surface area contributed by atoms with Crippen LogP contribution in [0.2, 0.25) is 10.0 Å². The Kier molecular flexibility index (Phi) is 5.61. The SMILES string of the molecule is Fc1ccc(CSCc2n[nH]c(=S)n2-c2ccc(Cl)cc2Cl)cc1. The number of rotatable bonds is 5. The summed E-state index contributed by atoms with van der Waals surface area (Å²) in [6.45, 7) is 0. The van der Waals surface area contributed by atoms with Gasteiger partial charge in [0, 0.05) is 10.8 Å². The van der Waals surface area contributed by atoms with Gasteiger partial charge in [-0.15, -0.1) is 11.8 Å². The number of nitrogens with zero attached hydrogens (tertiary/aromatic N) is 2. The Morgan fingerprint density at radius 3 is 2.58 bits per heavy atom. The number of hydrogen-bond donors (Lipinski definition) is 1. The molecule has 0 amide bonds. The van der Waals surface area contributed by atoms with Gasteiger partial charge in [-0.1, -0.05) is 35.3 Å². The minimum Gasteiger partial charge on any atom is -0.270 e. The van der Waals surface area contributed by atoms with Gasteiger partial charge >= 0.3 is 0 Å². The fourth-order valence-electron chi connectivity index (χ4n) is 2.18. The second-order valence-electron chi connectivity index (χ2n) is 5.00. The molecule has 124 valence electrons. The van der Waals surface area contributed by atoms with Crippen LogP contribution >= 0.6 is 47.2 Å². The van der Waals surface area contributed by atoms with Gasteiger partial charge < -0.3 is 0 Å². The summed E-state index contributed by atoms with van der Waals surface area (Å²) in [7, 11) is 0. The van der Waals surface area contributed by atoms with Gasteiger partial charge in [-0.05, 0) is 48.1 Å². The first-order chi connectivity index (χ1) is 11.5. The van der Waals surface area contributed by atoms with Gasteiger partial charge in [0.25, 0.3) is 0 Å². The summed E-state index contributed by atoms with van der Waals surface area (Å²) in [4.78, 5) is 0. The Labute approximate surface area is 157 Å². The highest BCUT2D eigenvalue weighted by molar-refractivity contribution is 7.97. The van der Waals surface area contributed by atoms with Crippen molar-refractivity contribution in [2.75, 3.05) is 0 Å². The van der Waals surface area contributed by atoms with Gasteiger partial charge in [-0.25, -0.2) is 4.39 Å². The van der Waals surface area contributed by atoms with Crippen molar-refractivity contribution >= 4 is 47.2 Å². The summed E-state index contributed by atoms with van der Waals surface area (Å²) in [5.74, 6) is 1.90. The van der Waals surface area contributed by atoms with Crippen LogP contribution in [0.25, 0.3) is 5.69 Å². The average Bonchev–Trinajstić information content (AvgIpc) is 2.90. The van der Waals surface area contributed by atoms with Crippen molar-refractivity contribution in [2.24, 2.45) is 0 Å². The van der Waals surface area contributed by atoms with Crippen LogP contribution < -0.4 is 0 Å². The molecule has 0 saturated heterocycles. The predicted octanol–water partition coefficient (Wildman–Crippen LogP) is 5.81. The first kappa shape index (κ1) is 17.5. The number of halogens is 3. The summed E-state index contributed by atoms with van der Waals surface area (Å²) in [5.41, 5.74) is 1.78. The van der Waals surface area contributed by atoms with E-state index in [1.807, 2.05) is 6.07 Å². The van der Waals surface area contributed by atoms with Crippen LogP contribution in [0, 0.1) is 10.6 Å². The van der Waals surface area contributed by atoms with E-state index in [0.717, 1.165) is 22.8 Å². The standard InChI is InChI=1S/C16H12Cl2FN3S2/c17-11-3-6-14(13(18)7-11)22-15(20-21-16(22)23)9-24-8-10-1-4-12(19)5-2-10/h1-7H,8-9H2,(H,21,23). The van der Waals surface area contributed by atoms with Crippen LogP contribution in [0.15, 0.2) is 42.5 Å². The van der Waals surface area contributed by atoms with Gasteiger partial charge in [0.15, 0.2) is 4.77 Å². The zero-order valence-corrected chi connectivity index (χ0v) is 15.4. The van der Waals surface area contributed by atoms with E-state index in [9.17, 15) is 4.39 Å². The minimum absolute atomic E-state index is 0.234. The Bertz CT molecular complexity index is 906. The van der Waals surface area contributed by atoms with Crippen LogP contribution in [0.1, 0.15) is 11.4 Å². The van der Waals surface area contributed by atoms with Crippen molar-refractivity contribution in [3.63, 3.8) is 0 Å². The van der Waals surface area contributed by atoms with Gasteiger partial charge in [-0.2, -0.15) is 5.10 Å². The molecule has 3 aromatic rings. The molecule has 0 aliphatic carbocycles. The molecular weight excluding hydrogens is 388 g/mol.